The summed E-state index contributed by atoms with van der Waals surface area (Å²) in [5, 5.41) is 27.8. The van der Waals surface area contributed by atoms with Crippen LogP contribution in [0.1, 0.15) is 11.1 Å². The van der Waals surface area contributed by atoms with Gasteiger partial charge in [-0.3, -0.25) is 29.7 Å². The first-order valence-corrected chi connectivity index (χ1v) is 20.8. The number of aryl methyl sites for hydroxylation is 2. The van der Waals surface area contributed by atoms with Crippen LogP contribution >= 0.6 is 14.1 Å². The summed E-state index contributed by atoms with van der Waals surface area (Å²) in [6.07, 6.45) is 0. The second kappa shape index (κ2) is 15.1. The van der Waals surface area contributed by atoms with Crippen LogP contribution in [-0.4, -0.2) is 14.4 Å². The van der Waals surface area contributed by atoms with Gasteiger partial charge in [-0.25, -0.2) is 0 Å². The van der Waals surface area contributed by atoms with Gasteiger partial charge in [0.05, 0.1) is 46.2 Å². The van der Waals surface area contributed by atoms with Gasteiger partial charge in [0.15, 0.2) is 0 Å². The molecule has 7 aromatic rings. The van der Waals surface area contributed by atoms with Crippen LogP contribution in [0.4, 0.5) is 22.7 Å². The standard InChI is InChI=1S/C43H37N5O4P2/c1-32-24-25-35(48(51)52)31-41(32)45-54(38-20-12-6-13-21-38,39-22-14-7-15-23-39)43-29-28-42(46(43)3)53(36-16-8-4-9-17-36,37-18-10-5-11-19-37)44-40-27-26-34(47(49)50)30-33(40)2/h4-31H,1-3H3. The molecule has 0 spiro atoms. The van der Waals surface area contributed by atoms with E-state index in [0.29, 0.717) is 16.9 Å². The van der Waals surface area contributed by atoms with Crippen molar-refractivity contribution in [1.29, 1.82) is 0 Å². The first-order chi connectivity index (χ1) is 26.1. The van der Waals surface area contributed by atoms with Gasteiger partial charge in [0.2, 0.25) is 0 Å². The van der Waals surface area contributed by atoms with E-state index in [2.05, 4.69) is 72.3 Å². The van der Waals surface area contributed by atoms with E-state index >= 15 is 0 Å². The predicted molar refractivity (Wildman–Crippen MR) is 223 cm³/mol. The fourth-order valence-electron chi connectivity index (χ4n) is 6.88. The molecule has 0 unspecified atom stereocenters. The van der Waals surface area contributed by atoms with Crippen LogP contribution in [-0.2, 0) is 7.05 Å². The second-order valence-corrected chi connectivity index (χ2v) is 18.8. The SMILES string of the molecule is Cc1cc([N+](=O)[O-])ccc1N=P(c1ccccc1)(c1ccccc1)c1ccc(P(=Nc2cc([N+](=O)[O-])ccc2C)(c2ccccc2)c2ccccc2)n1C. The Morgan fingerprint density at radius 3 is 1.22 bits per heavy atom. The van der Waals surface area contributed by atoms with Gasteiger partial charge in [-0.05, 0) is 43.2 Å². The highest BCUT2D eigenvalue weighted by molar-refractivity contribution is 7.88. The van der Waals surface area contributed by atoms with Gasteiger partial charge in [0.25, 0.3) is 11.4 Å². The number of aromatic nitrogens is 1. The Balaban J connectivity index is 1.65. The lowest BCUT2D eigenvalue weighted by molar-refractivity contribution is -0.385. The highest BCUT2D eigenvalue weighted by Crippen LogP contribution is 2.53. The average Bonchev–Trinajstić information content (AvgIpc) is 3.59. The number of benzene rings is 6. The van der Waals surface area contributed by atoms with E-state index in [-0.39, 0.29) is 21.2 Å². The molecule has 0 amide bonds. The Hall–Kier alpha value is -6.14. The first kappa shape index (κ1) is 36.2. The number of hydrogen-bond donors (Lipinski definition) is 0. The number of non-ortho nitro benzene ring substituents is 2. The van der Waals surface area contributed by atoms with Crippen LogP contribution in [0.3, 0.4) is 0 Å². The maximum Gasteiger partial charge on any atom is 0.271 e. The minimum atomic E-state index is -2.96. The minimum absolute atomic E-state index is 0.00863. The highest BCUT2D eigenvalue weighted by atomic mass is 31.2. The maximum atomic E-state index is 12.0. The lowest BCUT2D eigenvalue weighted by atomic mass is 10.2. The Morgan fingerprint density at radius 1 is 0.463 bits per heavy atom. The van der Waals surface area contributed by atoms with Crippen LogP contribution in [0.5, 0.6) is 0 Å². The molecule has 0 aliphatic carbocycles. The lowest BCUT2D eigenvalue weighted by Crippen LogP contribution is -2.35. The number of nitro benzene ring substituents is 2. The van der Waals surface area contributed by atoms with Gasteiger partial charge in [0.1, 0.15) is 0 Å². The fourth-order valence-corrected chi connectivity index (χ4v) is 14.4. The van der Waals surface area contributed by atoms with Crippen molar-refractivity contribution in [1.82, 2.24) is 4.57 Å². The zero-order valence-electron chi connectivity index (χ0n) is 29.9. The molecule has 11 heteroatoms. The molecule has 0 fully saturated rings. The summed E-state index contributed by atoms with van der Waals surface area (Å²) in [6.45, 7) is 3.78. The molecule has 54 heavy (non-hydrogen) atoms. The third kappa shape index (κ3) is 6.53. The van der Waals surface area contributed by atoms with Crippen molar-refractivity contribution in [2.45, 2.75) is 13.8 Å². The van der Waals surface area contributed by atoms with E-state index in [1.54, 1.807) is 24.3 Å². The molecular weight excluding hydrogens is 712 g/mol. The summed E-state index contributed by atoms with van der Waals surface area (Å²) in [7, 11) is -3.83. The average molecular weight is 750 g/mol. The molecule has 268 valence electrons. The van der Waals surface area contributed by atoms with Crippen molar-refractivity contribution in [3.63, 3.8) is 0 Å². The third-order valence-electron chi connectivity index (χ3n) is 9.56. The molecule has 0 bridgehead atoms. The summed E-state index contributed by atoms with van der Waals surface area (Å²) in [6, 6.07) is 54.7. The third-order valence-corrected chi connectivity index (χ3v) is 17.0. The van der Waals surface area contributed by atoms with E-state index in [9.17, 15) is 20.2 Å². The summed E-state index contributed by atoms with van der Waals surface area (Å²) < 4.78 is 13.6. The van der Waals surface area contributed by atoms with Crippen LogP contribution in [0.2, 0.25) is 0 Å². The molecule has 9 nitrogen and oxygen atoms in total. The molecule has 7 rings (SSSR count). The number of hydrogen-bond acceptors (Lipinski definition) is 6. The number of nitro groups is 2. The van der Waals surface area contributed by atoms with E-state index in [1.807, 2.05) is 86.6 Å². The topological polar surface area (TPSA) is 116 Å². The molecule has 0 saturated heterocycles. The minimum Gasteiger partial charge on any atom is -0.341 e. The van der Waals surface area contributed by atoms with Gasteiger partial charge in [0, 0.05) is 52.5 Å². The van der Waals surface area contributed by atoms with Crippen LogP contribution in [0, 0.1) is 34.1 Å². The number of nitrogens with zero attached hydrogens (tertiary/aromatic N) is 5. The zero-order valence-corrected chi connectivity index (χ0v) is 31.7. The van der Waals surface area contributed by atoms with E-state index in [4.69, 9.17) is 9.49 Å². The second-order valence-electron chi connectivity index (χ2n) is 12.9. The molecule has 0 aliphatic heterocycles. The van der Waals surface area contributed by atoms with Gasteiger partial charge in [-0.15, -0.1) is 0 Å². The van der Waals surface area contributed by atoms with E-state index in [0.717, 1.165) is 37.7 Å². The molecule has 0 aliphatic rings. The molecule has 1 heterocycles. The van der Waals surface area contributed by atoms with Crippen molar-refractivity contribution in [3.8, 4) is 0 Å². The molecule has 0 N–H and O–H groups in total. The first-order valence-electron chi connectivity index (χ1n) is 17.3. The summed E-state index contributed by atoms with van der Waals surface area (Å²) >= 11 is 0. The number of rotatable bonds is 10. The molecule has 0 atom stereocenters. The van der Waals surface area contributed by atoms with Crippen molar-refractivity contribution in [3.05, 3.63) is 201 Å². The van der Waals surface area contributed by atoms with Gasteiger partial charge >= 0.3 is 0 Å². The van der Waals surface area contributed by atoms with Crippen molar-refractivity contribution >= 4 is 68.9 Å². The van der Waals surface area contributed by atoms with Gasteiger partial charge in [-0.1, -0.05) is 127 Å². The lowest BCUT2D eigenvalue weighted by Gasteiger charge is -2.31. The quantitative estimate of drug-likeness (QED) is 0.0788. The molecule has 0 radical (unpaired) electrons. The summed E-state index contributed by atoms with van der Waals surface area (Å²) in [4.78, 5) is 23.0. The van der Waals surface area contributed by atoms with Crippen molar-refractivity contribution < 1.29 is 9.85 Å². The Kier molecular flexibility index (Phi) is 10.1. The highest BCUT2D eigenvalue weighted by Gasteiger charge is 2.36. The van der Waals surface area contributed by atoms with Gasteiger partial charge in [-0.2, -0.15) is 0 Å². The Bertz CT molecular complexity index is 2520. The van der Waals surface area contributed by atoms with Gasteiger partial charge < -0.3 is 4.57 Å². The molecule has 0 saturated carbocycles. The normalized spacial score (nSPS) is 11.5. The smallest absolute Gasteiger partial charge is 0.271 e. The maximum absolute atomic E-state index is 12.0. The summed E-state index contributed by atoms with van der Waals surface area (Å²) in [5.41, 5.74) is 4.60. The van der Waals surface area contributed by atoms with E-state index in [1.165, 1.54) is 12.1 Å². The summed E-state index contributed by atoms with van der Waals surface area (Å²) in [5.74, 6) is 0. The van der Waals surface area contributed by atoms with E-state index < -0.39 is 14.1 Å². The van der Waals surface area contributed by atoms with Crippen LogP contribution < -0.4 is 32.1 Å². The van der Waals surface area contributed by atoms with Crippen LogP contribution in [0.15, 0.2) is 179 Å². The molecule has 1 aromatic heterocycles. The van der Waals surface area contributed by atoms with Crippen molar-refractivity contribution in [2.75, 3.05) is 0 Å². The largest absolute Gasteiger partial charge is 0.341 e. The molecular formula is C43H37N5O4P2. The predicted octanol–water partition coefficient (Wildman–Crippen LogP) is 9.08. The Labute approximate surface area is 314 Å². The molecule has 6 aromatic carbocycles. The van der Waals surface area contributed by atoms with Crippen molar-refractivity contribution in [2.24, 2.45) is 16.5 Å². The zero-order chi connectivity index (χ0) is 37.9. The Morgan fingerprint density at radius 2 is 0.833 bits per heavy atom. The van der Waals surface area contributed by atoms with Crippen LogP contribution in [0.25, 0.3) is 0 Å². The fraction of sp³-hybridized carbons (Fsp3) is 0.0698. The monoisotopic (exact) mass is 749 g/mol.